The highest BCUT2D eigenvalue weighted by Crippen LogP contribution is 2.31. The van der Waals surface area contributed by atoms with Crippen LogP contribution >= 0.6 is 0 Å². The molecule has 0 saturated heterocycles. The molecule has 1 rings (SSSR count). The van der Waals surface area contributed by atoms with Gasteiger partial charge in [0, 0.05) is 12.6 Å². The molecule has 0 amide bonds. The second-order valence-electron chi connectivity index (χ2n) is 5.70. The molecule has 0 spiro atoms. The van der Waals surface area contributed by atoms with Crippen molar-refractivity contribution in [1.29, 1.82) is 0 Å². The maximum atomic E-state index is 10.5. The topological polar surface area (TPSA) is 32.3 Å². The van der Waals surface area contributed by atoms with Crippen LogP contribution in [0, 0.1) is 5.92 Å². The second kappa shape index (κ2) is 6.61. The molecular weight excluding hydrogens is 198 g/mol. The van der Waals surface area contributed by atoms with E-state index in [1.54, 1.807) is 0 Å². The molecule has 0 aromatic heterocycles. The standard InChI is InChI=1S/C14H29NO/c1-4-7-13(5-2)15-11-14(16)9-6-8-12(3)10-14/h12-13,15-16H,4-11H2,1-3H3. The lowest BCUT2D eigenvalue weighted by molar-refractivity contribution is -0.0140. The van der Waals surface area contributed by atoms with E-state index in [1.165, 1.54) is 32.1 Å². The summed E-state index contributed by atoms with van der Waals surface area (Å²) in [5.74, 6) is 0.687. The molecule has 1 fully saturated rings. The lowest BCUT2D eigenvalue weighted by atomic mass is 9.79. The zero-order valence-corrected chi connectivity index (χ0v) is 11.3. The summed E-state index contributed by atoms with van der Waals surface area (Å²) in [6.45, 7) is 7.49. The van der Waals surface area contributed by atoms with Gasteiger partial charge < -0.3 is 10.4 Å². The average Bonchev–Trinajstić information content (AvgIpc) is 2.24. The minimum atomic E-state index is -0.432. The summed E-state index contributed by atoms with van der Waals surface area (Å²) in [7, 11) is 0. The van der Waals surface area contributed by atoms with Crippen LogP contribution in [0.1, 0.15) is 65.7 Å². The Labute approximate surface area is 101 Å². The van der Waals surface area contributed by atoms with Gasteiger partial charge in [-0.2, -0.15) is 0 Å². The zero-order chi connectivity index (χ0) is 12.0. The maximum Gasteiger partial charge on any atom is 0.0774 e. The van der Waals surface area contributed by atoms with Crippen molar-refractivity contribution >= 4 is 0 Å². The smallest absolute Gasteiger partial charge is 0.0774 e. The average molecular weight is 227 g/mol. The lowest BCUT2D eigenvalue weighted by Gasteiger charge is -2.36. The third kappa shape index (κ3) is 4.42. The summed E-state index contributed by atoms with van der Waals surface area (Å²) >= 11 is 0. The van der Waals surface area contributed by atoms with Crippen LogP contribution in [0.3, 0.4) is 0 Å². The number of nitrogens with one attached hydrogen (secondary N) is 1. The second-order valence-corrected chi connectivity index (χ2v) is 5.70. The Morgan fingerprint density at radius 3 is 2.75 bits per heavy atom. The normalized spacial score (nSPS) is 32.6. The van der Waals surface area contributed by atoms with Gasteiger partial charge in [-0.3, -0.25) is 0 Å². The molecule has 0 aliphatic heterocycles. The quantitative estimate of drug-likeness (QED) is 0.731. The van der Waals surface area contributed by atoms with Crippen molar-refractivity contribution in [2.45, 2.75) is 77.4 Å². The van der Waals surface area contributed by atoms with E-state index in [2.05, 4.69) is 26.1 Å². The molecule has 2 nitrogen and oxygen atoms in total. The molecule has 2 N–H and O–H groups in total. The van der Waals surface area contributed by atoms with Crippen LogP contribution in [0.2, 0.25) is 0 Å². The molecule has 3 atom stereocenters. The molecule has 96 valence electrons. The first-order valence-electron chi connectivity index (χ1n) is 7.05. The Hall–Kier alpha value is -0.0800. The first-order valence-corrected chi connectivity index (χ1v) is 7.05. The molecule has 0 bridgehead atoms. The molecule has 0 aromatic carbocycles. The van der Waals surface area contributed by atoms with Crippen molar-refractivity contribution in [3.63, 3.8) is 0 Å². The third-order valence-electron chi connectivity index (χ3n) is 3.92. The van der Waals surface area contributed by atoms with Gasteiger partial charge in [0.05, 0.1) is 5.60 Å². The molecule has 0 radical (unpaired) electrons. The van der Waals surface area contributed by atoms with E-state index in [0.29, 0.717) is 12.0 Å². The van der Waals surface area contributed by atoms with E-state index in [1.807, 2.05) is 0 Å². The molecule has 1 saturated carbocycles. The molecule has 3 unspecified atom stereocenters. The Bertz CT molecular complexity index is 195. The highest BCUT2D eigenvalue weighted by Gasteiger charge is 2.32. The molecule has 1 aliphatic rings. The Balaban J connectivity index is 2.34. The molecule has 2 heteroatoms. The van der Waals surface area contributed by atoms with E-state index < -0.39 is 5.60 Å². The Morgan fingerprint density at radius 1 is 1.44 bits per heavy atom. The van der Waals surface area contributed by atoms with Crippen molar-refractivity contribution in [3.8, 4) is 0 Å². The summed E-state index contributed by atoms with van der Waals surface area (Å²) in [5, 5.41) is 14.0. The van der Waals surface area contributed by atoms with E-state index in [9.17, 15) is 5.11 Å². The van der Waals surface area contributed by atoms with Gasteiger partial charge in [-0.15, -0.1) is 0 Å². The van der Waals surface area contributed by atoms with Crippen molar-refractivity contribution in [3.05, 3.63) is 0 Å². The van der Waals surface area contributed by atoms with Crippen LogP contribution in [-0.4, -0.2) is 23.3 Å². The van der Waals surface area contributed by atoms with Gasteiger partial charge in [0.15, 0.2) is 0 Å². The van der Waals surface area contributed by atoms with Crippen molar-refractivity contribution in [2.24, 2.45) is 5.92 Å². The summed E-state index contributed by atoms with van der Waals surface area (Å²) in [6, 6.07) is 0.589. The Morgan fingerprint density at radius 2 is 2.19 bits per heavy atom. The van der Waals surface area contributed by atoms with E-state index in [0.717, 1.165) is 19.4 Å². The van der Waals surface area contributed by atoms with Crippen LogP contribution < -0.4 is 5.32 Å². The fourth-order valence-electron chi connectivity index (χ4n) is 2.93. The minimum absolute atomic E-state index is 0.432. The zero-order valence-electron chi connectivity index (χ0n) is 11.3. The van der Waals surface area contributed by atoms with Gasteiger partial charge in [0.1, 0.15) is 0 Å². The first kappa shape index (κ1) is 14.0. The van der Waals surface area contributed by atoms with Gasteiger partial charge in [-0.25, -0.2) is 0 Å². The largest absolute Gasteiger partial charge is 0.389 e. The number of aliphatic hydroxyl groups is 1. The predicted octanol–water partition coefficient (Wildman–Crippen LogP) is 3.10. The predicted molar refractivity (Wildman–Crippen MR) is 69.6 cm³/mol. The van der Waals surface area contributed by atoms with Crippen molar-refractivity contribution < 1.29 is 5.11 Å². The van der Waals surface area contributed by atoms with E-state index in [4.69, 9.17) is 0 Å². The summed E-state index contributed by atoms with van der Waals surface area (Å²) in [5.41, 5.74) is -0.432. The van der Waals surface area contributed by atoms with Gasteiger partial charge in [0.2, 0.25) is 0 Å². The van der Waals surface area contributed by atoms with Gasteiger partial charge in [-0.05, 0) is 31.6 Å². The number of rotatable bonds is 6. The SMILES string of the molecule is CCCC(CC)NCC1(O)CCCC(C)C1. The van der Waals surface area contributed by atoms with Crippen LogP contribution in [-0.2, 0) is 0 Å². The van der Waals surface area contributed by atoms with Crippen LogP contribution in [0.5, 0.6) is 0 Å². The first-order chi connectivity index (χ1) is 7.59. The van der Waals surface area contributed by atoms with Crippen LogP contribution in [0.15, 0.2) is 0 Å². The Kier molecular flexibility index (Phi) is 5.77. The monoisotopic (exact) mass is 227 g/mol. The molecule has 0 aromatic rings. The van der Waals surface area contributed by atoms with Crippen molar-refractivity contribution in [2.75, 3.05) is 6.54 Å². The molecule has 16 heavy (non-hydrogen) atoms. The molecule has 0 heterocycles. The fourth-order valence-corrected chi connectivity index (χ4v) is 2.93. The van der Waals surface area contributed by atoms with E-state index in [-0.39, 0.29) is 0 Å². The number of hydrogen-bond acceptors (Lipinski definition) is 2. The fraction of sp³-hybridized carbons (Fsp3) is 1.00. The third-order valence-corrected chi connectivity index (χ3v) is 3.92. The van der Waals surface area contributed by atoms with Crippen LogP contribution in [0.4, 0.5) is 0 Å². The summed E-state index contributed by atoms with van der Waals surface area (Å²) < 4.78 is 0. The number of hydrogen-bond donors (Lipinski definition) is 2. The minimum Gasteiger partial charge on any atom is -0.389 e. The maximum absolute atomic E-state index is 10.5. The highest BCUT2D eigenvalue weighted by atomic mass is 16.3. The van der Waals surface area contributed by atoms with Crippen LogP contribution in [0.25, 0.3) is 0 Å². The highest BCUT2D eigenvalue weighted by molar-refractivity contribution is 4.87. The van der Waals surface area contributed by atoms with Gasteiger partial charge >= 0.3 is 0 Å². The van der Waals surface area contributed by atoms with Gasteiger partial charge in [0.25, 0.3) is 0 Å². The summed E-state index contributed by atoms with van der Waals surface area (Å²) in [4.78, 5) is 0. The lowest BCUT2D eigenvalue weighted by Crippen LogP contribution is -2.46. The van der Waals surface area contributed by atoms with Gasteiger partial charge in [-0.1, -0.05) is 40.0 Å². The van der Waals surface area contributed by atoms with Crippen molar-refractivity contribution in [1.82, 2.24) is 5.32 Å². The summed E-state index contributed by atoms with van der Waals surface area (Å²) in [6.07, 6.45) is 8.04. The van der Waals surface area contributed by atoms with E-state index >= 15 is 0 Å². The molecular formula is C14H29NO. The molecule has 1 aliphatic carbocycles.